The number of hydrogen-bond acceptors (Lipinski definition) is 4. The fraction of sp³-hybridized carbons (Fsp3) is 0.333. The van der Waals surface area contributed by atoms with Gasteiger partial charge >= 0.3 is 0 Å². The van der Waals surface area contributed by atoms with Crippen LogP contribution in [0.25, 0.3) is 5.57 Å². The average Bonchev–Trinajstić information content (AvgIpc) is 2.65. The summed E-state index contributed by atoms with van der Waals surface area (Å²) in [5.74, 6) is 0. The molecule has 90 valence electrons. The van der Waals surface area contributed by atoms with Crippen LogP contribution in [0.2, 0.25) is 0 Å². The predicted octanol–water partition coefficient (Wildman–Crippen LogP) is 1.22. The van der Waals surface area contributed by atoms with Gasteiger partial charge in [0.25, 0.3) is 0 Å². The van der Waals surface area contributed by atoms with Crippen LogP contribution in [0.5, 0.6) is 0 Å². The topological polar surface area (TPSA) is 58.2 Å². The summed E-state index contributed by atoms with van der Waals surface area (Å²) in [6.45, 7) is 0.952. The molecule has 0 spiro atoms. The first-order valence-corrected chi connectivity index (χ1v) is 7.49. The second-order valence-corrected chi connectivity index (χ2v) is 6.53. The third kappa shape index (κ3) is 1.70. The van der Waals surface area contributed by atoms with Crippen molar-refractivity contribution < 1.29 is 8.42 Å². The SMILES string of the molecule is CS(=O)(=O)c1ccc2c(c1)C1=CNCCC1N2. The Morgan fingerprint density at radius 2 is 2.18 bits per heavy atom. The molecule has 1 aromatic carbocycles. The summed E-state index contributed by atoms with van der Waals surface area (Å²) in [5, 5.41) is 6.62. The average molecular weight is 250 g/mol. The number of benzene rings is 1. The van der Waals surface area contributed by atoms with Gasteiger partial charge in [0, 0.05) is 30.3 Å². The molecular weight excluding hydrogens is 236 g/mol. The van der Waals surface area contributed by atoms with Crippen LogP contribution >= 0.6 is 0 Å². The van der Waals surface area contributed by atoms with Crippen LogP contribution in [0, 0.1) is 0 Å². The smallest absolute Gasteiger partial charge is 0.175 e. The Bertz CT molecular complexity index is 605. The molecule has 0 fully saturated rings. The van der Waals surface area contributed by atoms with Gasteiger partial charge in [0.2, 0.25) is 0 Å². The highest BCUT2D eigenvalue weighted by Gasteiger charge is 2.28. The van der Waals surface area contributed by atoms with Crippen molar-refractivity contribution in [2.24, 2.45) is 0 Å². The summed E-state index contributed by atoms with van der Waals surface area (Å²) in [4.78, 5) is 0.380. The summed E-state index contributed by atoms with van der Waals surface area (Å²) in [7, 11) is -3.14. The lowest BCUT2D eigenvalue weighted by molar-refractivity contribution is 0.602. The first kappa shape index (κ1) is 10.7. The van der Waals surface area contributed by atoms with Gasteiger partial charge in [-0.05, 0) is 30.2 Å². The molecule has 1 unspecified atom stereocenters. The van der Waals surface area contributed by atoms with Gasteiger partial charge in [-0.15, -0.1) is 0 Å². The number of anilines is 1. The molecule has 2 aliphatic rings. The molecular formula is C12H14N2O2S. The third-order valence-corrected chi connectivity index (χ3v) is 4.38. The molecule has 0 aromatic heterocycles. The molecule has 0 saturated heterocycles. The van der Waals surface area contributed by atoms with E-state index in [1.54, 1.807) is 12.1 Å². The van der Waals surface area contributed by atoms with E-state index in [2.05, 4.69) is 10.6 Å². The normalized spacial score (nSPS) is 21.9. The van der Waals surface area contributed by atoms with Gasteiger partial charge in [-0.3, -0.25) is 0 Å². The van der Waals surface area contributed by atoms with Crippen LogP contribution in [0.3, 0.4) is 0 Å². The van der Waals surface area contributed by atoms with E-state index in [1.165, 1.54) is 6.26 Å². The molecule has 0 aliphatic carbocycles. The second kappa shape index (κ2) is 3.50. The molecule has 3 rings (SSSR count). The first-order chi connectivity index (χ1) is 8.05. The van der Waals surface area contributed by atoms with Crippen LogP contribution in [0.15, 0.2) is 29.3 Å². The zero-order valence-corrected chi connectivity index (χ0v) is 10.3. The van der Waals surface area contributed by atoms with E-state index in [0.717, 1.165) is 29.8 Å². The summed E-state index contributed by atoms with van der Waals surface area (Å²) in [6.07, 6.45) is 4.25. The molecule has 17 heavy (non-hydrogen) atoms. The van der Waals surface area contributed by atoms with E-state index in [1.807, 2.05) is 12.3 Å². The highest BCUT2D eigenvalue weighted by Crippen LogP contribution is 2.38. The quantitative estimate of drug-likeness (QED) is 0.787. The van der Waals surface area contributed by atoms with Crippen molar-refractivity contribution in [2.45, 2.75) is 17.4 Å². The van der Waals surface area contributed by atoms with Crippen LogP contribution < -0.4 is 10.6 Å². The lowest BCUT2D eigenvalue weighted by Crippen LogP contribution is -2.26. The van der Waals surface area contributed by atoms with Crippen LogP contribution in [0.4, 0.5) is 5.69 Å². The maximum absolute atomic E-state index is 11.5. The zero-order valence-electron chi connectivity index (χ0n) is 9.53. The minimum absolute atomic E-state index is 0.320. The van der Waals surface area contributed by atoms with Crippen molar-refractivity contribution in [3.63, 3.8) is 0 Å². The largest absolute Gasteiger partial charge is 0.390 e. The molecule has 5 heteroatoms. The number of nitrogens with one attached hydrogen (secondary N) is 2. The Labute approximate surface area is 101 Å². The van der Waals surface area contributed by atoms with Gasteiger partial charge in [-0.2, -0.15) is 0 Å². The fourth-order valence-electron chi connectivity index (χ4n) is 2.39. The predicted molar refractivity (Wildman–Crippen MR) is 67.6 cm³/mol. The molecule has 2 N–H and O–H groups in total. The molecule has 1 atom stereocenters. The Hall–Kier alpha value is -1.49. The summed E-state index contributed by atoms with van der Waals surface area (Å²) in [6, 6.07) is 5.59. The van der Waals surface area contributed by atoms with E-state index in [-0.39, 0.29) is 0 Å². The monoisotopic (exact) mass is 250 g/mol. The van der Waals surface area contributed by atoms with Gasteiger partial charge in [0.15, 0.2) is 9.84 Å². The second-order valence-electron chi connectivity index (χ2n) is 4.52. The zero-order chi connectivity index (χ0) is 12.0. The van der Waals surface area contributed by atoms with Crippen molar-refractivity contribution in [1.29, 1.82) is 0 Å². The maximum Gasteiger partial charge on any atom is 0.175 e. The highest BCUT2D eigenvalue weighted by atomic mass is 32.2. The fourth-order valence-corrected chi connectivity index (χ4v) is 3.03. The van der Waals surface area contributed by atoms with E-state index in [0.29, 0.717) is 10.9 Å². The molecule has 0 radical (unpaired) electrons. The third-order valence-electron chi connectivity index (χ3n) is 3.27. The van der Waals surface area contributed by atoms with E-state index in [9.17, 15) is 8.42 Å². The lowest BCUT2D eigenvalue weighted by Gasteiger charge is -2.18. The first-order valence-electron chi connectivity index (χ1n) is 5.60. The summed E-state index contributed by atoms with van der Waals surface area (Å²) >= 11 is 0. The standard InChI is InChI=1S/C12H14N2O2S/c1-17(15,16)8-2-3-11-9(6-8)10-7-13-5-4-12(10)14-11/h2-3,6-7,12-14H,4-5H2,1H3. The summed E-state index contributed by atoms with van der Waals surface area (Å²) in [5.41, 5.74) is 3.19. The number of sulfone groups is 1. The van der Waals surface area contributed by atoms with Crippen molar-refractivity contribution in [3.05, 3.63) is 30.0 Å². The Morgan fingerprint density at radius 3 is 2.94 bits per heavy atom. The molecule has 1 aromatic rings. The highest BCUT2D eigenvalue weighted by molar-refractivity contribution is 7.90. The Morgan fingerprint density at radius 1 is 1.35 bits per heavy atom. The minimum atomic E-state index is -3.14. The van der Waals surface area contributed by atoms with Crippen molar-refractivity contribution in [3.8, 4) is 0 Å². The minimum Gasteiger partial charge on any atom is -0.390 e. The molecule has 2 aliphatic heterocycles. The van der Waals surface area contributed by atoms with Crippen molar-refractivity contribution in [1.82, 2.24) is 5.32 Å². The van der Waals surface area contributed by atoms with Crippen LogP contribution in [0.1, 0.15) is 12.0 Å². The van der Waals surface area contributed by atoms with Crippen LogP contribution in [-0.4, -0.2) is 27.3 Å². The Balaban J connectivity index is 2.14. The number of fused-ring (bicyclic) bond motifs is 3. The van der Waals surface area contributed by atoms with Gasteiger partial charge in [-0.25, -0.2) is 8.42 Å². The maximum atomic E-state index is 11.5. The van der Waals surface area contributed by atoms with Gasteiger partial charge in [0.05, 0.1) is 10.9 Å². The number of hydrogen-bond donors (Lipinski definition) is 2. The summed E-state index contributed by atoms with van der Waals surface area (Å²) < 4.78 is 23.1. The molecule has 0 saturated carbocycles. The van der Waals surface area contributed by atoms with Crippen molar-refractivity contribution >= 4 is 21.1 Å². The van der Waals surface area contributed by atoms with Gasteiger partial charge in [0.1, 0.15) is 0 Å². The molecule has 0 bridgehead atoms. The Kier molecular flexibility index (Phi) is 2.19. The molecule has 0 amide bonds. The van der Waals surface area contributed by atoms with Crippen molar-refractivity contribution in [2.75, 3.05) is 18.1 Å². The van der Waals surface area contributed by atoms with E-state index in [4.69, 9.17) is 0 Å². The lowest BCUT2D eigenvalue weighted by atomic mass is 9.99. The van der Waals surface area contributed by atoms with Crippen LogP contribution in [-0.2, 0) is 9.84 Å². The molecule has 2 heterocycles. The van der Waals surface area contributed by atoms with E-state index >= 15 is 0 Å². The molecule has 4 nitrogen and oxygen atoms in total. The van der Waals surface area contributed by atoms with Gasteiger partial charge in [-0.1, -0.05) is 0 Å². The van der Waals surface area contributed by atoms with Gasteiger partial charge < -0.3 is 10.6 Å². The van der Waals surface area contributed by atoms with E-state index < -0.39 is 9.84 Å². The number of rotatable bonds is 1.